The van der Waals surface area contributed by atoms with E-state index in [4.69, 9.17) is 4.99 Å². The molecule has 59 heavy (non-hydrogen) atoms. The van der Waals surface area contributed by atoms with Gasteiger partial charge in [0.05, 0.1) is 5.69 Å². The number of hydrogen-bond acceptors (Lipinski definition) is 3. The van der Waals surface area contributed by atoms with E-state index in [0.717, 1.165) is 82.6 Å². The summed E-state index contributed by atoms with van der Waals surface area (Å²) in [5.74, 6) is 0.300. The predicted octanol–water partition coefficient (Wildman–Crippen LogP) is 15.9. The highest BCUT2D eigenvalue weighted by Gasteiger charge is 2.15. The Morgan fingerprint density at radius 2 is 1.32 bits per heavy atom. The minimum absolute atomic E-state index is 0.0399. The number of rotatable bonds is 24. The third kappa shape index (κ3) is 13.9. The first-order chi connectivity index (χ1) is 28.4. The second-order valence-corrected chi connectivity index (χ2v) is 16.8. The van der Waals surface area contributed by atoms with E-state index in [2.05, 4.69) is 165 Å². The van der Waals surface area contributed by atoms with Gasteiger partial charge in [0, 0.05) is 34.0 Å². The molecule has 0 fully saturated rings. The third-order valence-corrected chi connectivity index (χ3v) is 11.9. The van der Waals surface area contributed by atoms with Gasteiger partial charge in [-0.2, -0.15) is 0 Å². The first-order valence-electron chi connectivity index (χ1n) is 21.8. The molecule has 1 N–H and O–H groups in total. The van der Waals surface area contributed by atoms with Gasteiger partial charge in [-0.1, -0.05) is 127 Å². The fraction of sp³-hybridized carbons (Fsp3) is 0.339. The topological polar surface area (TPSA) is 24.4 Å². The molecule has 0 amide bonds. The van der Waals surface area contributed by atoms with E-state index in [1.54, 1.807) is 0 Å². The smallest absolute Gasteiger partial charge is 0.0703 e. The number of nitrogens with zero attached hydrogens (tertiary/aromatic N) is 1. The molecule has 0 saturated heterocycles. The van der Waals surface area contributed by atoms with Gasteiger partial charge in [-0.15, -0.1) is 19.2 Å². The number of aliphatic imine (C=N–C) groups is 1. The normalized spacial score (nSPS) is 12.6. The van der Waals surface area contributed by atoms with Crippen molar-refractivity contribution in [2.24, 2.45) is 10.9 Å². The fourth-order valence-electron chi connectivity index (χ4n) is 7.97. The van der Waals surface area contributed by atoms with Crippen LogP contribution in [0.4, 0.5) is 5.69 Å². The summed E-state index contributed by atoms with van der Waals surface area (Å²) >= 11 is 4.42. The Balaban J connectivity index is 1.29. The lowest BCUT2D eigenvalue weighted by Gasteiger charge is -2.22. The van der Waals surface area contributed by atoms with Crippen molar-refractivity contribution in [3.05, 3.63) is 173 Å². The Kier molecular flexibility index (Phi) is 18.8. The maximum absolute atomic E-state index is 5.10. The van der Waals surface area contributed by atoms with Crippen LogP contribution in [0, 0.1) is 12.8 Å². The number of allylic oxidation sites excluding steroid dienone is 3. The van der Waals surface area contributed by atoms with Gasteiger partial charge in [0.2, 0.25) is 0 Å². The Hall–Kier alpha value is -4.86. The number of aryl methyl sites for hydroxylation is 5. The van der Waals surface area contributed by atoms with Crippen molar-refractivity contribution in [3.63, 3.8) is 0 Å². The number of nitrogens with one attached hydrogen (secondary N) is 1. The van der Waals surface area contributed by atoms with Gasteiger partial charge >= 0.3 is 0 Å². The van der Waals surface area contributed by atoms with Crippen molar-refractivity contribution < 1.29 is 0 Å². The summed E-state index contributed by atoms with van der Waals surface area (Å²) < 4.78 is 0. The van der Waals surface area contributed by atoms with Crippen LogP contribution in [-0.4, -0.2) is 12.3 Å². The second kappa shape index (κ2) is 23.7. The molecular weight excluding hydrogens is 733 g/mol. The fourth-order valence-corrected chi connectivity index (χ4v) is 8.11. The van der Waals surface area contributed by atoms with Crippen LogP contribution < -0.4 is 5.32 Å². The van der Waals surface area contributed by atoms with Crippen molar-refractivity contribution in [1.82, 2.24) is 5.32 Å². The molecule has 2 nitrogen and oxygen atoms in total. The second-order valence-electron chi connectivity index (χ2n) is 16.2. The molecular formula is C56H70N2S. The maximum Gasteiger partial charge on any atom is 0.0703 e. The summed E-state index contributed by atoms with van der Waals surface area (Å²) in [5.41, 5.74) is 18.3. The van der Waals surface area contributed by atoms with E-state index < -0.39 is 0 Å². The van der Waals surface area contributed by atoms with Crippen LogP contribution in [0.15, 0.2) is 128 Å². The predicted molar refractivity (Wildman–Crippen MR) is 267 cm³/mol. The standard InChI is InChI=1S/C56H70N2S/c1-12-44-24-26-49(27-25-44)45(13-2)32-40(8)38-57-56-37-51(46(14-3)35-54(56)39(6)7)23-21-19-17-18-20-22-50-33-42(10)55(36-47(50)15-4)43(11)58-52(16-5)34-41(9)48-28-30-53(59)31-29-48/h12-13,16,24-31,33,35-38,40,52,58-59H,1,5-6,9,11,14-15,17-23,32,34H2,2-4,7-8,10H3/b45-13+,57-38?. The highest BCUT2D eigenvalue weighted by atomic mass is 32.1. The molecule has 0 aromatic heterocycles. The van der Waals surface area contributed by atoms with Gasteiger partial charge in [0.15, 0.2) is 0 Å². The summed E-state index contributed by atoms with van der Waals surface area (Å²) in [6, 6.07) is 26.3. The SMILES string of the molecule is C=Cc1ccc(/C(=C/C)CC(C)C=Nc2cc(CCCCCCCc3cc(C)c(C(=C)NC(C=C)CC(=C)c4ccc(S)cc4)cc3CC)c(CC)cc2C(=C)C)cc1. The van der Waals surface area contributed by atoms with E-state index in [9.17, 15) is 0 Å². The number of hydrogen-bond donors (Lipinski definition) is 2. The Morgan fingerprint density at radius 1 is 0.746 bits per heavy atom. The first kappa shape index (κ1) is 46.8. The molecule has 0 aliphatic heterocycles. The van der Waals surface area contributed by atoms with Gasteiger partial charge in [-0.25, -0.2) is 0 Å². The monoisotopic (exact) mass is 803 g/mol. The quantitative estimate of drug-likeness (QED) is 0.0314. The van der Waals surface area contributed by atoms with Crippen LogP contribution in [0.25, 0.3) is 28.5 Å². The molecule has 2 unspecified atom stereocenters. The van der Waals surface area contributed by atoms with Gasteiger partial charge in [0.25, 0.3) is 0 Å². The molecule has 4 rings (SSSR count). The van der Waals surface area contributed by atoms with Gasteiger partial charge < -0.3 is 5.32 Å². The lowest BCUT2D eigenvalue weighted by molar-refractivity contribution is 0.611. The van der Waals surface area contributed by atoms with Crippen LogP contribution in [0.2, 0.25) is 0 Å². The van der Waals surface area contributed by atoms with Crippen molar-refractivity contribution >= 4 is 53.0 Å². The summed E-state index contributed by atoms with van der Waals surface area (Å²) in [6.07, 6.45) is 20.3. The zero-order valence-corrected chi connectivity index (χ0v) is 38.0. The number of benzene rings is 4. The van der Waals surface area contributed by atoms with Crippen LogP contribution in [0.3, 0.4) is 0 Å². The summed E-state index contributed by atoms with van der Waals surface area (Å²) in [6.45, 7) is 34.3. The number of thiol groups is 1. The summed E-state index contributed by atoms with van der Waals surface area (Å²) in [4.78, 5) is 6.05. The van der Waals surface area contributed by atoms with Crippen molar-refractivity contribution in [2.75, 3.05) is 0 Å². The Labute approximate surface area is 364 Å². The van der Waals surface area contributed by atoms with Crippen LogP contribution in [0.5, 0.6) is 0 Å². The highest BCUT2D eigenvalue weighted by molar-refractivity contribution is 7.80. The van der Waals surface area contributed by atoms with Crippen molar-refractivity contribution in [2.45, 2.75) is 123 Å². The van der Waals surface area contributed by atoms with Crippen molar-refractivity contribution in [3.8, 4) is 0 Å². The van der Waals surface area contributed by atoms with Crippen LogP contribution in [0.1, 0.15) is 135 Å². The largest absolute Gasteiger partial charge is 0.379 e. The molecule has 0 spiro atoms. The maximum atomic E-state index is 5.10. The molecule has 310 valence electrons. The van der Waals surface area contributed by atoms with Crippen LogP contribution >= 0.6 is 12.6 Å². The minimum atomic E-state index is 0.0399. The molecule has 0 aliphatic carbocycles. The molecule has 4 aromatic rings. The molecule has 0 bridgehead atoms. The average molecular weight is 803 g/mol. The lowest BCUT2D eigenvalue weighted by Crippen LogP contribution is -2.25. The lowest BCUT2D eigenvalue weighted by atomic mass is 9.92. The van der Waals surface area contributed by atoms with E-state index in [1.807, 2.05) is 24.3 Å². The zero-order valence-electron chi connectivity index (χ0n) is 37.1. The van der Waals surface area contributed by atoms with E-state index in [0.29, 0.717) is 5.92 Å². The van der Waals surface area contributed by atoms with E-state index >= 15 is 0 Å². The van der Waals surface area contributed by atoms with Crippen molar-refractivity contribution in [1.29, 1.82) is 0 Å². The van der Waals surface area contributed by atoms with Gasteiger partial charge in [-0.05, 0) is 170 Å². The number of unbranched alkanes of at least 4 members (excludes halogenated alkanes) is 4. The van der Waals surface area contributed by atoms with Gasteiger partial charge in [-0.3, -0.25) is 4.99 Å². The minimum Gasteiger partial charge on any atom is -0.379 e. The third-order valence-electron chi connectivity index (χ3n) is 11.6. The van der Waals surface area contributed by atoms with Gasteiger partial charge in [0.1, 0.15) is 0 Å². The molecule has 4 aromatic carbocycles. The van der Waals surface area contributed by atoms with E-state index in [1.165, 1.54) is 76.6 Å². The Bertz CT molecular complexity index is 2130. The first-order valence-corrected chi connectivity index (χ1v) is 22.3. The molecule has 3 heteroatoms. The summed E-state index contributed by atoms with van der Waals surface area (Å²) in [7, 11) is 0. The highest BCUT2D eigenvalue weighted by Crippen LogP contribution is 2.32. The van der Waals surface area contributed by atoms with Crippen LogP contribution in [-0.2, 0) is 25.7 Å². The van der Waals surface area contributed by atoms with E-state index in [-0.39, 0.29) is 6.04 Å². The summed E-state index contributed by atoms with van der Waals surface area (Å²) in [5, 5.41) is 3.63. The molecule has 0 heterocycles. The zero-order chi connectivity index (χ0) is 42.9. The molecule has 0 saturated carbocycles. The molecule has 0 radical (unpaired) electrons. The average Bonchev–Trinajstić information content (AvgIpc) is 3.24. The molecule has 2 atom stereocenters. The molecule has 0 aliphatic rings. The Morgan fingerprint density at radius 3 is 1.88 bits per heavy atom.